The monoisotopic (exact) mass is 192 g/mol. The van der Waals surface area contributed by atoms with Crippen molar-refractivity contribution in [3.05, 3.63) is 0 Å². The van der Waals surface area contributed by atoms with Gasteiger partial charge in [0, 0.05) is 7.11 Å². The van der Waals surface area contributed by atoms with Crippen LogP contribution in [0.4, 0.5) is 0 Å². The largest absolute Gasteiger partial charge is 0.353 e. The Balaban J connectivity index is 1.86. The molecule has 0 aromatic heterocycles. The zero-order valence-corrected chi connectivity index (χ0v) is 7.40. The summed E-state index contributed by atoms with van der Waals surface area (Å²) in [5.74, 6) is 0. The van der Waals surface area contributed by atoms with Crippen molar-refractivity contribution >= 4 is 8.60 Å². The molecule has 0 aromatic rings. The Morgan fingerprint density at radius 3 is 3.00 bits per heavy atom. The van der Waals surface area contributed by atoms with E-state index in [-0.39, 0.29) is 24.6 Å². The van der Waals surface area contributed by atoms with Crippen LogP contribution < -0.4 is 0 Å². The van der Waals surface area contributed by atoms with Gasteiger partial charge in [-0.1, -0.05) is 0 Å². The van der Waals surface area contributed by atoms with Gasteiger partial charge in [0.1, 0.15) is 18.3 Å². The van der Waals surface area contributed by atoms with Crippen molar-refractivity contribution in [1.82, 2.24) is 0 Å². The molecule has 5 nitrogen and oxygen atoms in total. The van der Waals surface area contributed by atoms with E-state index in [9.17, 15) is 0 Å². The van der Waals surface area contributed by atoms with Crippen molar-refractivity contribution in [3.63, 3.8) is 0 Å². The molecule has 3 fully saturated rings. The first-order chi connectivity index (χ1) is 5.88. The third-order valence-electron chi connectivity index (χ3n) is 2.26. The summed E-state index contributed by atoms with van der Waals surface area (Å²) in [7, 11) is 0.505. The Hall–Kier alpha value is 0.230. The maximum Gasteiger partial charge on any atom is 0.333 e. The Morgan fingerprint density at radius 1 is 1.33 bits per heavy atom. The van der Waals surface area contributed by atoms with Crippen molar-refractivity contribution < 1.29 is 23.0 Å². The van der Waals surface area contributed by atoms with Gasteiger partial charge in [-0.05, 0) is 0 Å². The van der Waals surface area contributed by atoms with Gasteiger partial charge in [-0.2, -0.15) is 0 Å². The average Bonchev–Trinajstić information content (AvgIpc) is 2.55. The van der Waals surface area contributed by atoms with Gasteiger partial charge in [-0.3, -0.25) is 0 Å². The van der Waals surface area contributed by atoms with Gasteiger partial charge in [0.25, 0.3) is 0 Å². The van der Waals surface area contributed by atoms with Crippen LogP contribution in [0.15, 0.2) is 0 Å². The molecule has 2 bridgehead atoms. The van der Waals surface area contributed by atoms with Crippen LogP contribution in [-0.2, 0) is 23.0 Å². The molecule has 0 saturated carbocycles. The molecular weight excluding hydrogens is 183 g/mol. The molecule has 3 aliphatic heterocycles. The molecule has 0 amide bonds. The molecule has 3 heterocycles. The molecule has 0 radical (unpaired) electrons. The van der Waals surface area contributed by atoms with Crippen LogP contribution in [0, 0.1) is 0 Å². The van der Waals surface area contributed by atoms with E-state index < -0.39 is 8.60 Å². The Morgan fingerprint density at radius 2 is 2.17 bits per heavy atom. The van der Waals surface area contributed by atoms with Crippen LogP contribution in [-0.4, -0.2) is 38.3 Å². The number of hydrogen-bond acceptors (Lipinski definition) is 5. The summed E-state index contributed by atoms with van der Waals surface area (Å²) in [5.41, 5.74) is 0. The lowest BCUT2D eigenvalue weighted by Gasteiger charge is -2.23. The van der Waals surface area contributed by atoms with Crippen LogP contribution in [0.2, 0.25) is 0 Å². The summed E-state index contributed by atoms with van der Waals surface area (Å²) in [6, 6.07) is 0. The third-order valence-corrected chi connectivity index (χ3v) is 3.45. The van der Waals surface area contributed by atoms with Crippen molar-refractivity contribution in [2.24, 2.45) is 0 Å². The van der Waals surface area contributed by atoms with Crippen molar-refractivity contribution in [3.8, 4) is 0 Å². The van der Waals surface area contributed by atoms with E-state index in [4.69, 9.17) is 23.0 Å². The molecule has 1 unspecified atom stereocenters. The summed E-state index contributed by atoms with van der Waals surface area (Å²) in [5, 5.41) is 0. The van der Waals surface area contributed by atoms with Gasteiger partial charge in [-0.15, -0.1) is 0 Å². The molecular formula is C6H9O5P. The minimum atomic E-state index is -1.10. The first kappa shape index (κ1) is 7.62. The number of fused-ring (bicyclic) bond motifs is 1. The Bertz CT molecular complexity index is 200. The minimum Gasteiger partial charge on any atom is -0.353 e. The molecule has 6 heteroatoms. The summed E-state index contributed by atoms with van der Waals surface area (Å²) in [6.07, 6.45) is -0.360. The predicted octanol–water partition coefficient (Wildman–Crippen LogP) is 0.399. The van der Waals surface area contributed by atoms with Gasteiger partial charge in [-0.25, -0.2) is 0 Å². The summed E-state index contributed by atoms with van der Waals surface area (Å²) in [6.45, 7) is 0.562. The highest BCUT2D eigenvalue weighted by molar-refractivity contribution is 7.42. The predicted molar refractivity (Wildman–Crippen MR) is 38.3 cm³/mol. The second-order valence-electron chi connectivity index (χ2n) is 2.94. The van der Waals surface area contributed by atoms with Gasteiger partial charge in [0.05, 0.1) is 6.61 Å². The van der Waals surface area contributed by atoms with Gasteiger partial charge in [0.2, 0.25) is 0 Å². The Kier molecular flexibility index (Phi) is 1.66. The average molecular weight is 192 g/mol. The molecule has 0 aromatic carbocycles. The fourth-order valence-corrected chi connectivity index (χ4v) is 2.99. The van der Waals surface area contributed by atoms with Crippen LogP contribution in [0.3, 0.4) is 0 Å². The van der Waals surface area contributed by atoms with E-state index in [0.717, 1.165) is 0 Å². The summed E-state index contributed by atoms with van der Waals surface area (Å²) in [4.78, 5) is 0. The van der Waals surface area contributed by atoms with E-state index in [1.54, 1.807) is 7.11 Å². The molecule has 3 aliphatic rings. The lowest BCUT2D eigenvalue weighted by atomic mass is 10.1. The lowest BCUT2D eigenvalue weighted by molar-refractivity contribution is -0.159. The van der Waals surface area contributed by atoms with Crippen molar-refractivity contribution in [2.45, 2.75) is 24.6 Å². The first-order valence-electron chi connectivity index (χ1n) is 3.83. The van der Waals surface area contributed by atoms with Crippen LogP contribution in [0.25, 0.3) is 0 Å². The SMILES string of the molecule is COC1O[C@@H]2CO[P@@]3O[C@@H]2[C@@H]1O3. The maximum absolute atomic E-state index is 5.48. The molecule has 12 heavy (non-hydrogen) atoms. The molecule has 5 atom stereocenters. The highest BCUT2D eigenvalue weighted by Crippen LogP contribution is 2.57. The van der Waals surface area contributed by atoms with Crippen LogP contribution in [0.5, 0.6) is 0 Å². The number of ether oxygens (including phenoxy) is 2. The van der Waals surface area contributed by atoms with Gasteiger partial charge >= 0.3 is 8.60 Å². The molecule has 0 aliphatic carbocycles. The van der Waals surface area contributed by atoms with E-state index in [2.05, 4.69) is 0 Å². The van der Waals surface area contributed by atoms with Crippen LogP contribution in [0.1, 0.15) is 0 Å². The minimum absolute atomic E-state index is 0.0128. The van der Waals surface area contributed by atoms with E-state index in [1.807, 2.05) is 0 Å². The number of methoxy groups -OCH3 is 1. The molecule has 0 N–H and O–H groups in total. The quantitative estimate of drug-likeness (QED) is 0.562. The fourth-order valence-electron chi connectivity index (χ4n) is 1.67. The van der Waals surface area contributed by atoms with E-state index in [0.29, 0.717) is 6.61 Å². The first-order valence-corrected chi connectivity index (χ1v) is 4.93. The van der Waals surface area contributed by atoms with E-state index >= 15 is 0 Å². The number of hydrogen-bond donors (Lipinski definition) is 0. The second kappa shape index (κ2) is 2.61. The van der Waals surface area contributed by atoms with Crippen molar-refractivity contribution in [2.75, 3.05) is 13.7 Å². The fraction of sp³-hybridized carbons (Fsp3) is 1.00. The summed E-state index contributed by atoms with van der Waals surface area (Å²) < 4.78 is 26.7. The standard InChI is InChI=1S/C6H9O5P/c1-7-6-5-4-3(9-6)2-8-12(10-4)11-5/h3-6H,2H2,1H3/t3-,4+,5+,6?,12+/m1/s1. The van der Waals surface area contributed by atoms with Crippen molar-refractivity contribution in [1.29, 1.82) is 0 Å². The lowest BCUT2D eigenvalue weighted by Crippen LogP contribution is -2.32. The maximum atomic E-state index is 5.48. The molecule has 68 valence electrons. The molecule has 3 saturated heterocycles. The normalized spacial score (nSPS) is 56.2. The Labute approximate surface area is 70.9 Å². The van der Waals surface area contributed by atoms with Crippen LogP contribution >= 0.6 is 8.60 Å². The molecule has 3 rings (SSSR count). The van der Waals surface area contributed by atoms with Gasteiger partial charge < -0.3 is 23.0 Å². The second-order valence-corrected chi connectivity index (χ2v) is 4.07. The molecule has 0 spiro atoms. The topological polar surface area (TPSA) is 46.2 Å². The van der Waals surface area contributed by atoms with Gasteiger partial charge in [0.15, 0.2) is 6.29 Å². The van der Waals surface area contributed by atoms with E-state index in [1.165, 1.54) is 0 Å². The number of rotatable bonds is 1. The summed E-state index contributed by atoms with van der Waals surface area (Å²) >= 11 is 0. The highest BCUT2D eigenvalue weighted by atomic mass is 31.2. The zero-order valence-electron chi connectivity index (χ0n) is 6.50. The third kappa shape index (κ3) is 0.894. The highest BCUT2D eigenvalue weighted by Gasteiger charge is 2.57. The zero-order chi connectivity index (χ0) is 8.13. The smallest absolute Gasteiger partial charge is 0.333 e.